The number of para-hydroxylation sites is 3. The monoisotopic (exact) mass is 296 g/mol. The van der Waals surface area contributed by atoms with Gasteiger partial charge in [-0.15, -0.1) is 0 Å². The lowest BCUT2D eigenvalue weighted by Crippen LogP contribution is -2.52. The topological polar surface area (TPSA) is 24.5 Å². The molecule has 0 radical (unpaired) electrons. The van der Waals surface area contributed by atoms with Gasteiger partial charge < -0.3 is 15.0 Å². The molecule has 3 rings (SSSR count). The quantitative estimate of drug-likeness (QED) is 0.838. The third-order valence-corrected chi connectivity index (χ3v) is 4.17. The fourth-order valence-electron chi connectivity index (χ4n) is 2.94. The number of nitrogens with one attached hydrogen (secondary N) is 1. The van der Waals surface area contributed by atoms with Crippen LogP contribution in [-0.2, 0) is 0 Å². The molecule has 22 heavy (non-hydrogen) atoms. The molecular weight excluding hydrogens is 272 g/mol. The Morgan fingerprint density at radius 2 is 1.77 bits per heavy atom. The van der Waals surface area contributed by atoms with Crippen LogP contribution in [0, 0.1) is 0 Å². The summed E-state index contributed by atoms with van der Waals surface area (Å²) in [5.41, 5.74) is 2.63. The molecule has 1 aliphatic heterocycles. The molecule has 1 N–H and O–H groups in total. The lowest BCUT2D eigenvalue weighted by atomic mass is 9.97. The molecule has 0 aromatic heterocycles. The predicted octanol–water partition coefficient (Wildman–Crippen LogP) is 4.17. The maximum Gasteiger partial charge on any atom is 0.119 e. The van der Waals surface area contributed by atoms with Crippen LogP contribution in [0.25, 0.3) is 0 Å². The normalized spacial score (nSPS) is 15.8. The molecule has 0 amide bonds. The van der Waals surface area contributed by atoms with E-state index in [0.29, 0.717) is 0 Å². The van der Waals surface area contributed by atoms with Crippen molar-refractivity contribution in [2.75, 3.05) is 29.9 Å². The van der Waals surface area contributed by atoms with E-state index in [4.69, 9.17) is 4.74 Å². The molecule has 3 nitrogen and oxygen atoms in total. The number of anilines is 2. The highest BCUT2D eigenvalue weighted by atomic mass is 16.5. The summed E-state index contributed by atoms with van der Waals surface area (Å²) in [6.07, 6.45) is 1.01. The molecule has 0 aliphatic carbocycles. The molecular formula is C19H24N2O. The predicted molar refractivity (Wildman–Crippen MR) is 92.9 cm³/mol. The third kappa shape index (κ3) is 3.19. The standard InChI is InChI=1S/C19H24N2O/c1-19(2)15-20-17-11-6-7-12-18(17)21(19)13-8-14-22-16-9-4-3-5-10-16/h3-7,9-12,20H,8,13-15H2,1-2H3. The van der Waals surface area contributed by atoms with Gasteiger partial charge in [0.05, 0.1) is 23.5 Å². The number of ether oxygens (including phenoxy) is 1. The molecule has 2 aromatic carbocycles. The van der Waals surface area contributed by atoms with E-state index in [1.54, 1.807) is 0 Å². The van der Waals surface area contributed by atoms with Gasteiger partial charge in [-0.05, 0) is 44.5 Å². The second kappa shape index (κ2) is 6.30. The van der Waals surface area contributed by atoms with E-state index in [-0.39, 0.29) is 5.54 Å². The Kier molecular flexibility index (Phi) is 4.23. The minimum Gasteiger partial charge on any atom is -0.494 e. The van der Waals surface area contributed by atoms with Crippen LogP contribution in [0.1, 0.15) is 20.3 Å². The smallest absolute Gasteiger partial charge is 0.119 e. The molecule has 0 saturated carbocycles. The first-order chi connectivity index (χ1) is 10.7. The van der Waals surface area contributed by atoms with Gasteiger partial charge in [0.1, 0.15) is 5.75 Å². The summed E-state index contributed by atoms with van der Waals surface area (Å²) in [6, 6.07) is 18.6. The van der Waals surface area contributed by atoms with Gasteiger partial charge >= 0.3 is 0 Å². The second-order valence-corrected chi connectivity index (χ2v) is 6.35. The van der Waals surface area contributed by atoms with Gasteiger partial charge in [-0.3, -0.25) is 0 Å². The van der Waals surface area contributed by atoms with Crippen molar-refractivity contribution in [1.82, 2.24) is 0 Å². The van der Waals surface area contributed by atoms with Crippen molar-refractivity contribution < 1.29 is 4.74 Å². The molecule has 2 aromatic rings. The van der Waals surface area contributed by atoms with Crippen molar-refractivity contribution >= 4 is 11.4 Å². The molecule has 0 atom stereocenters. The van der Waals surface area contributed by atoms with Crippen LogP contribution >= 0.6 is 0 Å². The lowest BCUT2D eigenvalue weighted by molar-refractivity contribution is 0.306. The molecule has 1 aliphatic rings. The number of benzene rings is 2. The number of rotatable bonds is 5. The van der Waals surface area contributed by atoms with Crippen LogP contribution in [0.2, 0.25) is 0 Å². The largest absolute Gasteiger partial charge is 0.494 e. The van der Waals surface area contributed by atoms with Crippen LogP contribution in [0.15, 0.2) is 54.6 Å². The van der Waals surface area contributed by atoms with E-state index < -0.39 is 0 Å². The van der Waals surface area contributed by atoms with E-state index >= 15 is 0 Å². The molecule has 3 heteroatoms. The van der Waals surface area contributed by atoms with Crippen LogP contribution in [0.4, 0.5) is 11.4 Å². The first-order valence-electron chi connectivity index (χ1n) is 7.95. The first kappa shape index (κ1) is 14.8. The summed E-state index contributed by atoms with van der Waals surface area (Å²) in [5, 5.41) is 3.53. The zero-order valence-electron chi connectivity index (χ0n) is 13.4. The SMILES string of the molecule is CC1(C)CNc2ccccc2N1CCCOc1ccccc1. The van der Waals surface area contributed by atoms with Crippen molar-refractivity contribution in [2.24, 2.45) is 0 Å². The highest BCUT2D eigenvalue weighted by Crippen LogP contribution is 2.35. The Balaban J connectivity index is 1.61. The zero-order chi connectivity index (χ0) is 15.4. The molecule has 0 fully saturated rings. The van der Waals surface area contributed by atoms with E-state index in [1.807, 2.05) is 30.3 Å². The van der Waals surface area contributed by atoms with Crippen molar-refractivity contribution in [2.45, 2.75) is 25.8 Å². The Hall–Kier alpha value is -2.16. The van der Waals surface area contributed by atoms with E-state index in [2.05, 4.69) is 48.3 Å². The Morgan fingerprint density at radius 3 is 2.59 bits per heavy atom. The fraction of sp³-hybridized carbons (Fsp3) is 0.368. The molecule has 0 spiro atoms. The maximum absolute atomic E-state index is 5.81. The molecule has 0 saturated heterocycles. The first-order valence-corrected chi connectivity index (χ1v) is 7.95. The molecule has 1 heterocycles. The summed E-state index contributed by atoms with van der Waals surface area (Å²) in [5.74, 6) is 0.947. The van der Waals surface area contributed by atoms with Crippen molar-refractivity contribution in [3.8, 4) is 5.75 Å². The molecule has 116 valence electrons. The highest BCUT2D eigenvalue weighted by molar-refractivity contribution is 5.73. The van der Waals surface area contributed by atoms with Crippen molar-refractivity contribution in [1.29, 1.82) is 0 Å². The Labute approximate surface area is 132 Å². The average molecular weight is 296 g/mol. The summed E-state index contributed by atoms with van der Waals surface area (Å²) >= 11 is 0. The number of hydrogen-bond acceptors (Lipinski definition) is 3. The summed E-state index contributed by atoms with van der Waals surface area (Å²) in [6.45, 7) is 7.27. The van der Waals surface area contributed by atoms with E-state index in [0.717, 1.165) is 31.9 Å². The van der Waals surface area contributed by atoms with Crippen LogP contribution in [0.3, 0.4) is 0 Å². The Morgan fingerprint density at radius 1 is 1.05 bits per heavy atom. The minimum atomic E-state index is 0.112. The number of nitrogens with zero attached hydrogens (tertiary/aromatic N) is 1. The molecule has 0 bridgehead atoms. The average Bonchev–Trinajstić information content (AvgIpc) is 2.54. The number of fused-ring (bicyclic) bond motifs is 1. The van der Waals surface area contributed by atoms with Gasteiger partial charge in [-0.2, -0.15) is 0 Å². The summed E-state index contributed by atoms with van der Waals surface area (Å²) in [4.78, 5) is 2.49. The van der Waals surface area contributed by atoms with Crippen molar-refractivity contribution in [3.05, 3.63) is 54.6 Å². The highest BCUT2D eigenvalue weighted by Gasteiger charge is 2.31. The van der Waals surface area contributed by atoms with E-state index in [9.17, 15) is 0 Å². The number of hydrogen-bond donors (Lipinski definition) is 1. The summed E-state index contributed by atoms with van der Waals surface area (Å²) < 4.78 is 5.81. The van der Waals surface area contributed by atoms with Gasteiger partial charge in [0, 0.05) is 13.1 Å². The minimum absolute atomic E-state index is 0.112. The summed E-state index contributed by atoms with van der Waals surface area (Å²) in [7, 11) is 0. The van der Waals surface area contributed by atoms with Gasteiger partial charge in [-0.1, -0.05) is 30.3 Å². The van der Waals surface area contributed by atoms with Gasteiger partial charge in [0.15, 0.2) is 0 Å². The van der Waals surface area contributed by atoms with E-state index in [1.165, 1.54) is 11.4 Å². The third-order valence-electron chi connectivity index (χ3n) is 4.17. The van der Waals surface area contributed by atoms with Crippen LogP contribution < -0.4 is 15.0 Å². The second-order valence-electron chi connectivity index (χ2n) is 6.35. The van der Waals surface area contributed by atoms with Gasteiger partial charge in [0.25, 0.3) is 0 Å². The van der Waals surface area contributed by atoms with Crippen LogP contribution in [-0.4, -0.2) is 25.2 Å². The van der Waals surface area contributed by atoms with Gasteiger partial charge in [0.2, 0.25) is 0 Å². The Bertz CT molecular complexity index is 610. The molecule has 0 unspecified atom stereocenters. The van der Waals surface area contributed by atoms with Gasteiger partial charge in [-0.25, -0.2) is 0 Å². The fourth-order valence-corrected chi connectivity index (χ4v) is 2.94. The zero-order valence-corrected chi connectivity index (χ0v) is 13.4. The van der Waals surface area contributed by atoms with Crippen LogP contribution in [0.5, 0.6) is 5.75 Å². The lowest BCUT2D eigenvalue weighted by Gasteiger charge is -2.45. The van der Waals surface area contributed by atoms with Crippen molar-refractivity contribution in [3.63, 3.8) is 0 Å². The maximum atomic E-state index is 5.81.